The number of carbonyl (C=O) groups excluding carboxylic acids is 1. The van der Waals surface area contributed by atoms with E-state index in [1.165, 1.54) is 23.1 Å². The van der Waals surface area contributed by atoms with Crippen molar-refractivity contribution in [2.75, 3.05) is 19.7 Å². The average Bonchev–Trinajstić information content (AvgIpc) is 2.67. The number of carbonyl (C=O) groups is 2. The number of rotatable bonds is 3. The fourth-order valence-electron chi connectivity index (χ4n) is 2.77. The van der Waals surface area contributed by atoms with Crippen LogP contribution >= 0.6 is 0 Å². The van der Waals surface area contributed by atoms with Gasteiger partial charge in [0, 0.05) is 6.54 Å². The fourth-order valence-corrected chi connectivity index (χ4v) is 2.77. The summed E-state index contributed by atoms with van der Waals surface area (Å²) in [6.07, 6.45) is -3.50. The number of hydrogen-bond donors (Lipinski definition) is 1. The third-order valence-corrected chi connectivity index (χ3v) is 4.06. The Morgan fingerprint density at radius 1 is 1.15 bits per heavy atom. The van der Waals surface area contributed by atoms with Gasteiger partial charge >= 0.3 is 12.1 Å². The maximum atomic E-state index is 13.2. The second-order valence-corrected chi connectivity index (χ2v) is 5.79. The molecule has 1 aromatic carbocycles. The summed E-state index contributed by atoms with van der Waals surface area (Å²) >= 11 is 0. The Hall–Kier alpha value is -3.01. The van der Waals surface area contributed by atoms with Crippen LogP contribution in [0, 0.1) is 0 Å². The van der Waals surface area contributed by atoms with E-state index < -0.39 is 29.7 Å². The van der Waals surface area contributed by atoms with Crippen molar-refractivity contribution in [2.45, 2.75) is 12.3 Å². The first kappa shape index (κ1) is 18.8. The lowest BCUT2D eigenvalue weighted by Gasteiger charge is -2.34. The van der Waals surface area contributed by atoms with Crippen LogP contribution in [0.25, 0.3) is 0 Å². The summed E-state index contributed by atoms with van der Waals surface area (Å²) in [5.41, 5.74) is -1.26. The number of aromatic nitrogens is 2. The monoisotopic (exact) mass is 381 g/mol. The zero-order valence-electron chi connectivity index (χ0n) is 13.8. The summed E-state index contributed by atoms with van der Waals surface area (Å²) in [5, 5.41) is 8.81. The van der Waals surface area contributed by atoms with Crippen LogP contribution in [0.4, 0.5) is 13.2 Å². The van der Waals surface area contributed by atoms with Gasteiger partial charge in [-0.15, -0.1) is 0 Å². The second kappa shape index (κ2) is 7.31. The number of amides is 1. The molecule has 0 saturated carbocycles. The second-order valence-electron chi connectivity index (χ2n) is 5.79. The van der Waals surface area contributed by atoms with Gasteiger partial charge in [-0.2, -0.15) is 13.2 Å². The van der Waals surface area contributed by atoms with Crippen molar-refractivity contribution in [1.29, 1.82) is 0 Å². The normalized spacial score (nSPS) is 17.6. The molecule has 27 heavy (non-hydrogen) atoms. The minimum Gasteiger partial charge on any atom is -0.476 e. The maximum absolute atomic E-state index is 13.2. The van der Waals surface area contributed by atoms with Crippen molar-refractivity contribution in [3.05, 3.63) is 59.2 Å². The number of morpholine rings is 1. The van der Waals surface area contributed by atoms with Crippen LogP contribution in [-0.2, 0) is 10.9 Å². The Kier molecular flexibility index (Phi) is 5.08. The topological polar surface area (TPSA) is 92.6 Å². The zero-order chi connectivity index (χ0) is 19.6. The highest BCUT2D eigenvalue weighted by Crippen LogP contribution is 2.36. The summed E-state index contributed by atoms with van der Waals surface area (Å²) in [5.74, 6) is -1.84. The van der Waals surface area contributed by atoms with Crippen molar-refractivity contribution in [1.82, 2.24) is 14.9 Å². The van der Waals surface area contributed by atoms with Crippen molar-refractivity contribution in [3.8, 4) is 0 Å². The van der Waals surface area contributed by atoms with Gasteiger partial charge in [0.2, 0.25) is 0 Å². The molecule has 0 radical (unpaired) electrons. The predicted octanol–water partition coefficient (Wildman–Crippen LogP) is 2.41. The van der Waals surface area contributed by atoms with E-state index in [4.69, 9.17) is 9.84 Å². The largest absolute Gasteiger partial charge is 0.476 e. The SMILES string of the molecule is O=C(O)c1cnc(C(=O)N2CCOC(c3ccccc3C(F)(F)F)C2)cn1. The molecule has 1 aliphatic heterocycles. The molecule has 1 aromatic heterocycles. The number of hydrogen-bond acceptors (Lipinski definition) is 5. The average molecular weight is 381 g/mol. The minimum absolute atomic E-state index is 0.0465. The molecule has 1 amide bonds. The van der Waals surface area contributed by atoms with Crippen LogP contribution in [0.3, 0.4) is 0 Å². The smallest absolute Gasteiger partial charge is 0.416 e. The van der Waals surface area contributed by atoms with Gasteiger partial charge in [-0.25, -0.2) is 14.8 Å². The van der Waals surface area contributed by atoms with E-state index >= 15 is 0 Å². The summed E-state index contributed by atoms with van der Waals surface area (Å²) in [4.78, 5) is 32.0. The standard InChI is InChI=1S/C17H14F3N3O4/c18-17(19,20)11-4-2-1-3-10(11)14-9-23(5-6-27-14)15(24)12-7-22-13(8-21-12)16(25)26/h1-4,7-8,14H,5-6,9H2,(H,25,26). The molecule has 1 aliphatic rings. The van der Waals surface area contributed by atoms with Crippen molar-refractivity contribution in [2.24, 2.45) is 0 Å². The van der Waals surface area contributed by atoms with Crippen LogP contribution in [0.1, 0.15) is 38.2 Å². The van der Waals surface area contributed by atoms with Gasteiger partial charge in [-0.05, 0) is 11.6 Å². The molecule has 0 aliphatic carbocycles. The van der Waals surface area contributed by atoms with Gasteiger partial charge < -0.3 is 14.7 Å². The van der Waals surface area contributed by atoms with Gasteiger partial charge in [0.15, 0.2) is 5.69 Å². The quantitative estimate of drug-likeness (QED) is 0.878. The molecule has 1 N–H and O–H groups in total. The van der Waals surface area contributed by atoms with E-state index in [1.54, 1.807) is 0 Å². The Labute approximate surface area is 151 Å². The Bertz CT molecular complexity index is 855. The van der Waals surface area contributed by atoms with Gasteiger partial charge in [-0.1, -0.05) is 18.2 Å². The van der Waals surface area contributed by atoms with Crippen LogP contribution in [0.2, 0.25) is 0 Å². The lowest BCUT2D eigenvalue weighted by atomic mass is 10.0. The van der Waals surface area contributed by atoms with Crippen LogP contribution < -0.4 is 0 Å². The van der Waals surface area contributed by atoms with Crippen LogP contribution in [-0.4, -0.2) is 51.5 Å². The molecule has 7 nitrogen and oxygen atoms in total. The zero-order valence-corrected chi connectivity index (χ0v) is 13.8. The number of halogens is 3. The lowest BCUT2D eigenvalue weighted by Crippen LogP contribution is -2.43. The number of aromatic carboxylic acids is 1. The Morgan fingerprint density at radius 3 is 2.44 bits per heavy atom. The molecule has 0 spiro atoms. The van der Waals surface area contributed by atoms with E-state index in [9.17, 15) is 22.8 Å². The third-order valence-electron chi connectivity index (χ3n) is 4.06. The highest BCUT2D eigenvalue weighted by Gasteiger charge is 2.37. The molecular formula is C17H14F3N3O4. The van der Waals surface area contributed by atoms with E-state index in [2.05, 4.69) is 9.97 Å². The number of carboxylic acids is 1. The summed E-state index contributed by atoms with van der Waals surface area (Å²) in [6.45, 7) is 0.142. The molecule has 2 aromatic rings. The fraction of sp³-hybridized carbons (Fsp3) is 0.294. The first-order chi connectivity index (χ1) is 12.8. The maximum Gasteiger partial charge on any atom is 0.416 e. The molecule has 3 rings (SSSR count). The summed E-state index contributed by atoms with van der Waals surface area (Å²) in [7, 11) is 0. The molecule has 1 atom stereocenters. The number of carboxylic acid groups (broad SMARTS) is 1. The van der Waals surface area contributed by atoms with Gasteiger partial charge in [0.1, 0.15) is 11.8 Å². The molecule has 1 saturated heterocycles. The lowest BCUT2D eigenvalue weighted by molar-refractivity contribution is -0.140. The summed E-state index contributed by atoms with van der Waals surface area (Å²) in [6, 6.07) is 5.06. The molecule has 1 unspecified atom stereocenters. The van der Waals surface area contributed by atoms with Crippen molar-refractivity contribution >= 4 is 11.9 Å². The molecule has 142 valence electrons. The van der Waals surface area contributed by atoms with Crippen molar-refractivity contribution in [3.63, 3.8) is 0 Å². The molecular weight excluding hydrogens is 367 g/mol. The van der Waals surface area contributed by atoms with E-state index in [-0.39, 0.29) is 36.6 Å². The predicted molar refractivity (Wildman–Crippen MR) is 85.0 cm³/mol. The number of alkyl halides is 3. The van der Waals surface area contributed by atoms with E-state index in [0.717, 1.165) is 18.5 Å². The summed E-state index contributed by atoms with van der Waals surface area (Å²) < 4.78 is 45.1. The van der Waals surface area contributed by atoms with Crippen molar-refractivity contribution < 1.29 is 32.6 Å². The minimum atomic E-state index is -4.54. The highest BCUT2D eigenvalue weighted by atomic mass is 19.4. The van der Waals surface area contributed by atoms with Crippen LogP contribution in [0.15, 0.2) is 36.7 Å². The first-order valence-electron chi connectivity index (χ1n) is 7.89. The Balaban J connectivity index is 1.80. The molecule has 10 heteroatoms. The van der Waals surface area contributed by atoms with Gasteiger partial charge in [0.05, 0.1) is 31.1 Å². The molecule has 0 bridgehead atoms. The van der Waals surface area contributed by atoms with Gasteiger partial charge in [-0.3, -0.25) is 4.79 Å². The first-order valence-corrected chi connectivity index (χ1v) is 7.89. The van der Waals surface area contributed by atoms with E-state index in [0.29, 0.717) is 0 Å². The van der Waals surface area contributed by atoms with Gasteiger partial charge in [0.25, 0.3) is 5.91 Å². The molecule has 1 fully saturated rings. The molecule has 2 heterocycles. The van der Waals surface area contributed by atoms with E-state index in [1.807, 2.05) is 0 Å². The number of ether oxygens (including phenoxy) is 1. The third kappa shape index (κ3) is 4.05. The number of nitrogens with zero attached hydrogens (tertiary/aromatic N) is 3. The van der Waals surface area contributed by atoms with Crippen LogP contribution in [0.5, 0.6) is 0 Å². The highest BCUT2D eigenvalue weighted by molar-refractivity contribution is 5.92. The number of benzene rings is 1. The Morgan fingerprint density at radius 2 is 1.81 bits per heavy atom.